The van der Waals surface area contributed by atoms with E-state index in [1.165, 1.54) is 12.1 Å². The first-order valence-electron chi connectivity index (χ1n) is 9.86. The second-order valence-electron chi connectivity index (χ2n) is 7.68. The van der Waals surface area contributed by atoms with Crippen molar-refractivity contribution in [2.75, 3.05) is 23.3 Å². The molecular weight excluding hydrogens is 448 g/mol. The van der Waals surface area contributed by atoms with Gasteiger partial charge in [0.2, 0.25) is 0 Å². The number of halogens is 5. The van der Waals surface area contributed by atoms with Crippen molar-refractivity contribution >= 4 is 34.9 Å². The van der Waals surface area contributed by atoms with Gasteiger partial charge in [0.1, 0.15) is 29.4 Å². The minimum Gasteiger partial charge on any atom is -0.363 e. The van der Waals surface area contributed by atoms with Gasteiger partial charge in [-0.15, -0.1) is 12.4 Å². The number of aryl methyl sites for hydroxylation is 1. The van der Waals surface area contributed by atoms with E-state index in [-0.39, 0.29) is 24.5 Å². The SMILES string of the molecule is Cc1nc(N[C@H](C)c2cccc(C(F)F)c2F)c2cc(N3CC(N)C(F)C3)ncc2n1.Cl. The van der Waals surface area contributed by atoms with Gasteiger partial charge in [0, 0.05) is 17.5 Å². The summed E-state index contributed by atoms with van der Waals surface area (Å²) in [6, 6.07) is 4.40. The first kappa shape index (κ1) is 23.9. The van der Waals surface area contributed by atoms with Crippen molar-refractivity contribution in [3.8, 4) is 0 Å². The molecule has 3 atom stereocenters. The Hall–Kier alpha value is -2.72. The summed E-state index contributed by atoms with van der Waals surface area (Å²) < 4.78 is 54.6. The molecule has 3 N–H and O–H groups in total. The first-order valence-corrected chi connectivity index (χ1v) is 9.86. The van der Waals surface area contributed by atoms with Crippen LogP contribution in [-0.2, 0) is 0 Å². The van der Waals surface area contributed by atoms with Gasteiger partial charge in [-0.1, -0.05) is 18.2 Å². The van der Waals surface area contributed by atoms with Crippen molar-refractivity contribution in [3.63, 3.8) is 0 Å². The smallest absolute Gasteiger partial charge is 0.266 e. The molecule has 0 amide bonds. The van der Waals surface area contributed by atoms with Crippen LogP contribution in [0.2, 0.25) is 0 Å². The molecule has 172 valence electrons. The lowest BCUT2D eigenvalue weighted by Gasteiger charge is -2.20. The van der Waals surface area contributed by atoms with Gasteiger partial charge in [0.15, 0.2) is 0 Å². The third-order valence-corrected chi connectivity index (χ3v) is 5.41. The number of benzene rings is 1. The molecule has 32 heavy (non-hydrogen) atoms. The number of nitrogens with one attached hydrogen (secondary N) is 1. The number of hydrogen-bond acceptors (Lipinski definition) is 6. The van der Waals surface area contributed by atoms with Crippen molar-refractivity contribution in [2.45, 2.75) is 38.5 Å². The Morgan fingerprint density at radius 3 is 2.56 bits per heavy atom. The molecule has 0 saturated carbocycles. The number of aromatic nitrogens is 3. The third kappa shape index (κ3) is 4.56. The zero-order valence-electron chi connectivity index (χ0n) is 17.4. The van der Waals surface area contributed by atoms with E-state index in [1.54, 1.807) is 31.0 Å². The van der Waals surface area contributed by atoms with E-state index in [0.717, 1.165) is 6.07 Å². The Balaban J connectivity index is 0.00000289. The first-order chi connectivity index (χ1) is 14.7. The summed E-state index contributed by atoms with van der Waals surface area (Å²) in [5.41, 5.74) is 5.78. The normalized spacial score (nSPS) is 19.3. The fourth-order valence-corrected chi connectivity index (χ4v) is 3.75. The lowest BCUT2D eigenvalue weighted by atomic mass is 10.0. The third-order valence-electron chi connectivity index (χ3n) is 5.41. The van der Waals surface area contributed by atoms with Gasteiger partial charge in [-0.05, 0) is 19.9 Å². The van der Waals surface area contributed by atoms with Crippen LogP contribution < -0.4 is 16.0 Å². The molecule has 1 fully saturated rings. The highest BCUT2D eigenvalue weighted by atomic mass is 35.5. The topological polar surface area (TPSA) is 80.0 Å². The van der Waals surface area contributed by atoms with Crippen LogP contribution in [0.25, 0.3) is 10.9 Å². The van der Waals surface area contributed by atoms with Crippen LogP contribution >= 0.6 is 12.4 Å². The van der Waals surface area contributed by atoms with Crippen LogP contribution in [-0.4, -0.2) is 40.3 Å². The molecule has 0 bridgehead atoms. The van der Waals surface area contributed by atoms with Crippen molar-refractivity contribution in [1.82, 2.24) is 15.0 Å². The molecule has 2 aromatic heterocycles. The van der Waals surface area contributed by atoms with E-state index in [9.17, 15) is 17.6 Å². The average Bonchev–Trinajstić information content (AvgIpc) is 3.06. The largest absolute Gasteiger partial charge is 0.363 e. The molecule has 0 spiro atoms. The van der Waals surface area contributed by atoms with Crippen LogP contribution in [0.15, 0.2) is 30.5 Å². The number of hydrogen-bond donors (Lipinski definition) is 2. The number of nitrogens with two attached hydrogens (primary N) is 1. The standard InChI is InChI=1S/C21H22F4N6.ClH/c1-10(12-4-3-5-13(19(12)23)20(24)25)28-21-14-6-18(31-8-15(22)16(26)9-31)27-7-17(14)29-11(2)30-21;/h3-7,10,15-16,20H,8-9,26H2,1-2H3,(H,28,29,30);1H/t10-,15?,16?;/m1./s1. The lowest BCUT2D eigenvalue weighted by molar-refractivity contribution is 0.146. The molecular formula is C21H23ClF4N6. The van der Waals surface area contributed by atoms with Crippen molar-refractivity contribution in [3.05, 3.63) is 53.2 Å². The number of anilines is 2. The predicted molar refractivity (Wildman–Crippen MR) is 118 cm³/mol. The molecule has 4 rings (SSSR count). The molecule has 2 unspecified atom stereocenters. The van der Waals surface area contributed by atoms with Crippen LogP contribution in [0, 0.1) is 12.7 Å². The second-order valence-corrected chi connectivity index (χ2v) is 7.68. The summed E-state index contributed by atoms with van der Waals surface area (Å²) in [4.78, 5) is 14.9. The molecule has 1 aliphatic rings. The summed E-state index contributed by atoms with van der Waals surface area (Å²) >= 11 is 0. The Bertz CT molecular complexity index is 1110. The molecule has 1 saturated heterocycles. The second kappa shape index (κ2) is 9.41. The fraction of sp³-hybridized carbons (Fsp3) is 0.381. The molecule has 11 heteroatoms. The highest BCUT2D eigenvalue weighted by Crippen LogP contribution is 2.31. The maximum Gasteiger partial charge on any atom is 0.266 e. The molecule has 1 aliphatic heterocycles. The van der Waals surface area contributed by atoms with Gasteiger partial charge in [0.25, 0.3) is 6.43 Å². The molecule has 0 radical (unpaired) electrons. The molecule has 1 aromatic carbocycles. The van der Waals surface area contributed by atoms with Crippen LogP contribution in [0.5, 0.6) is 0 Å². The van der Waals surface area contributed by atoms with Crippen LogP contribution in [0.1, 0.15) is 36.3 Å². The van der Waals surface area contributed by atoms with Gasteiger partial charge >= 0.3 is 0 Å². The summed E-state index contributed by atoms with van der Waals surface area (Å²) in [6.45, 7) is 3.83. The van der Waals surface area contributed by atoms with E-state index in [2.05, 4.69) is 20.3 Å². The minimum absolute atomic E-state index is 0. The maximum absolute atomic E-state index is 14.6. The van der Waals surface area contributed by atoms with E-state index in [0.29, 0.717) is 34.9 Å². The Morgan fingerprint density at radius 1 is 1.19 bits per heavy atom. The summed E-state index contributed by atoms with van der Waals surface area (Å²) in [5.74, 6) is 0.443. The monoisotopic (exact) mass is 470 g/mol. The van der Waals surface area contributed by atoms with Crippen molar-refractivity contribution in [2.24, 2.45) is 5.73 Å². The molecule has 3 heterocycles. The molecule has 0 aliphatic carbocycles. The number of nitrogens with zero attached hydrogens (tertiary/aromatic N) is 4. The van der Waals surface area contributed by atoms with E-state index in [1.807, 2.05) is 0 Å². The average molecular weight is 471 g/mol. The predicted octanol–water partition coefficient (Wildman–Crippen LogP) is 4.49. The highest BCUT2D eigenvalue weighted by molar-refractivity contribution is 5.90. The maximum atomic E-state index is 14.6. The van der Waals surface area contributed by atoms with E-state index >= 15 is 0 Å². The van der Waals surface area contributed by atoms with Crippen LogP contribution in [0.4, 0.5) is 29.2 Å². The Kier molecular flexibility index (Phi) is 7.04. The summed E-state index contributed by atoms with van der Waals surface area (Å²) in [7, 11) is 0. The van der Waals surface area contributed by atoms with Crippen molar-refractivity contribution < 1.29 is 17.6 Å². The zero-order valence-corrected chi connectivity index (χ0v) is 18.2. The lowest BCUT2D eigenvalue weighted by Crippen LogP contribution is -2.30. The molecule has 6 nitrogen and oxygen atoms in total. The molecule has 3 aromatic rings. The number of alkyl halides is 3. The van der Waals surface area contributed by atoms with Gasteiger partial charge in [-0.2, -0.15) is 0 Å². The van der Waals surface area contributed by atoms with Gasteiger partial charge in [0.05, 0.1) is 35.9 Å². The minimum atomic E-state index is -2.91. The summed E-state index contributed by atoms with van der Waals surface area (Å²) in [6.07, 6.45) is -2.49. The fourth-order valence-electron chi connectivity index (χ4n) is 3.75. The van der Waals surface area contributed by atoms with E-state index < -0.39 is 36.1 Å². The number of fused-ring (bicyclic) bond motifs is 1. The van der Waals surface area contributed by atoms with Gasteiger partial charge in [-0.3, -0.25) is 0 Å². The Labute approximate surface area is 188 Å². The highest BCUT2D eigenvalue weighted by Gasteiger charge is 2.31. The van der Waals surface area contributed by atoms with Crippen molar-refractivity contribution in [1.29, 1.82) is 0 Å². The van der Waals surface area contributed by atoms with E-state index in [4.69, 9.17) is 5.73 Å². The summed E-state index contributed by atoms with van der Waals surface area (Å²) in [5, 5.41) is 3.70. The van der Waals surface area contributed by atoms with Gasteiger partial charge < -0.3 is 16.0 Å². The zero-order chi connectivity index (χ0) is 22.3. The van der Waals surface area contributed by atoms with Gasteiger partial charge in [-0.25, -0.2) is 32.5 Å². The number of rotatable bonds is 5. The number of pyridine rings is 1. The van der Waals surface area contributed by atoms with Crippen LogP contribution in [0.3, 0.4) is 0 Å². The quantitative estimate of drug-likeness (QED) is 0.535. The Morgan fingerprint density at radius 2 is 1.91 bits per heavy atom.